The van der Waals surface area contributed by atoms with E-state index in [-0.39, 0.29) is 11.4 Å². The molecule has 7 nitrogen and oxygen atoms in total. The van der Waals surface area contributed by atoms with E-state index in [0.717, 1.165) is 11.3 Å². The van der Waals surface area contributed by atoms with Crippen LogP contribution in [0.4, 0.5) is 0 Å². The van der Waals surface area contributed by atoms with E-state index < -0.39 is 0 Å². The minimum absolute atomic E-state index is 0.161. The van der Waals surface area contributed by atoms with Gasteiger partial charge in [0.15, 0.2) is 11.5 Å². The van der Waals surface area contributed by atoms with Crippen LogP contribution in [-0.4, -0.2) is 30.3 Å². The zero-order valence-corrected chi connectivity index (χ0v) is 13.7. The smallest absolute Gasteiger partial charge is 0.255 e. The van der Waals surface area contributed by atoms with Crippen LogP contribution < -0.4 is 5.32 Å². The van der Waals surface area contributed by atoms with Crippen molar-refractivity contribution in [3.05, 3.63) is 47.7 Å². The van der Waals surface area contributed by atoms with Crippen LogP contribution in [0.2, 0.25) is 0 Å². The molecule has 7 heteroatoms. The van der Waals surface area contributed by atoms with Crippen LogP contribution in [-0.2, 0) is 12.1 Å². The average molecular weight is 312 g/mol. The highest BCUT2D eigenvalue weighted by atomic mass is 16.1. The highest BCUT2D eigenvalue weighted by Crippen LogP contribution is 2.18. The van der Waals surface area contributed by atoms with Gasteiger partial charge in [0.05, 0.1) is 23.8 Å². The summed E-state index contributed by atoms with van der Waals surface area (Å²) < 4.78 is 3.71. The van der Waals surface area contributed by atoms with E-state index in [1.165, 1.54) is 0 Å². The Balaban J connectivity index is 1.77. The monoisotopic (exact) mass is 312 g/mol. The van der Waals surface area contributed by atoms with Crippen LogP contribution in [0, 0.1) is 6.92 Å². The van der Waals surface area contributed by atoms with Crippen molar-refractivity contribution in [3.8, 4) is 0 Å². The molecule has 0 aromatic carbocycles. The number of nitrogens with zero attached hydrogens (tertiary/aromatic N) is 5. The number of amides is 1. The number of aromatic nitrogens is 5. The van der Waals surface area contributed by atoms with Crippen LogP contribution >= 0.6 is 0 Å². The predicted octanol–water partition coefficient (Wildman–Crippen LogP) is 1.92. The van der Waals surface area contributed by atoms with E-state index in [9.17, 15) is 4.79 Å². The third-order valence-corrected chi connectivity index (χ3v) is 3.68. The zero-order valence-electron chi connectivity index (χ0n) is 13.7. The van der Waals surface area contributed by atoms with Crippen LogP contribution in [0.1, 0.15) is 42.6 Å². The molecular formula is C16H20N6O. The number of pyridine rings is 1. The summed E-state index contributed by atoms with van der Waals surface area (Å²) in [6.07, 6.45) is 3.48. The van der Waals surface area contributed by atoms with Crippen molar-refractivity contribution in [1.29, 1.82) is 0 Å². The fourth-order valence-electron chi connectivity index (χ4n) is 2.57. The Morgan fingerprint density at radius 3 is 2.74 bits per heavy atom. The van der Waals surface area contributed by atoms with Gasteiger partial charge in [-0.05, 0) is 39.8 Å². The summed E-state index contributed by atoms with van der Waals surface area (Å²) in [7, 11) is 0. The number of hydrogen-bond acceptors (Lipinski definition) is 4. The molecule has 0 aliphatic carbocycles. The van der Waals surface area contributed by atoms with Crippen LogP contribution in [0.25, 0.3) is 5.65 Å². The van der Waals surface area contributed by atoms with Gasteiger partial charge in [0.25, 0.3) is 5.91 Å². The van der Waals surface area contributed by atoms with Crippen molar-refractivity contribution in [2.24, 2.45) is 0 Å². The number of fused-ring (bicyclic) bond motifs is 1. The highest BCUT2D eigenvalue weighted by molar-refractivity contribution is 5.94. The lowest BCUT2D eigenvalue weighted by molar-refractivity contribution is 0.0949. The molecule has 120 valence electrons. The maximum atomic E-state index is 12.4. The van der Waals surface area contributed by atoms with Gasteiger partial charge in [-0.15, -0.1) is 10.2 Å². The molecular weight excluding hydrogens is 292 g/mol. The lowest BCUT2D eigenvalue weighted by Crippen LogP contribution is -2.27. The molecule has 0 saturated heterocycles. The van der Waals surface area contributed by atoms with Gasteiger partial charge < -0.3 is 5.32 Å². The summed E-state index contributed by atoms with van der Waals surface area (Å²) in [6, 6.07) is 5.67. The second kappa shape index (κ2) is 5.49. The van der Waals surface area contributed by atoms with E-state index in [0.29, 0.717) is 17.9 Å². The fourth-order valence-corrected chi connectivity index (χ4v) is 2.57. The molecule has 0 spiro atoms. The molecule has 0 unspecified atom stereocenters. The first-order valence-corrected chi connectivity index (χ1v) is 7.50. The molecule has 0 fully saturated rings. The minimum Gasteiger partial charge on any atom is -0.345 e. The van der Waals surface area contributed by atoms with Gasteiger partial charge in [-0.2, -0.15) is 5.10 Å². The average Bonchev–Trinajstić information content (AvgIpc) is 3.08. The van der Waals surface area contributed by atoms with E-state index in [1.54, 1.807) is 6.20 Å². The van der Waals surface area contributed by atoms with Gasteiger partial charge in [-0.3, -0.25) is 13.9 Å². The molecule has 3 aromatic rings. The minimum atomic E-state index is -0.161. The number of nitrogens with one attached hydrogen (secondary N) is 1. The molecule has 3 aromatic heterocycles. The number of carbonyl (C=O) groups excluding carboxylic acids is 1. The lowest BCUT2D eigenvalue weighted by Gasteiger charge is -2.21. The molecule has 3 heterocycles. The first-order chi connectivity index (χ1) is 10.9. The largest absolute Gasteiger partial charge is 0.345 e. The Bertz CT molecular complexity index is 855. The highest BCUT2D eigenvalue weighted by Gasteiger charge is 2.21. The first kappa shape index (κ1) is 15.2. The van der Waals surface area contributed by atoms with E-state index in [4.69, 9.17) is 0 Å². The maximum Gasteiger partial charge on any atom is 0.255 e. The van der Waals surface area contributed by atoms with Gasteiger partial charge in [0, 0.05) is 11.9 Å². The van der Waals surface area contributed by atoms with E-state index in [1.807, 2.05) is 40.4 Å². The second-order valence-corrected chi connectivity index (χ2v) is 6.45. The standard InChI is InChI=1S/C16H20N6O/c1-11-12(9-18-22(11)16(2,3)4)15(23)17-10-14-20-19-13-7-5-6-8-21(13)14/h5-9H,10H2,1-4H3,(H,17,23). The Kier molecular flexibility index (Phi) is 3.63. The normalized spacial score (nSPS) is 11.8. The molecule has 0 bridgehead atoms. The topological polar surface area (TPSA) is 77.1 Å². The summed E-state index contributed by atoms with van der Waals surface area (Å²) in [4.78, 5) is 12.4. The van der Waals surface area contributed by atoms with Crippen molar-refractivity contribution >= 4 is 11.6 Å². The molecule has 0 atom stereocenters. The SMILES string of the molecule is Cc1c(C(=O)NCc2nnc3ccccn23)cnn1C(C)(C)C. The summed E-state index contributed by atoms with van der Waals surface area (Å²) in [5, 5.41) is 15.4. The Hall–Kier alpha value is -2.70. The summed E-state index contributed by atoms with van der Waals surface area (Å²) in [6.45, 7) is 8.37. The van der Waals surface area contributed by atoms with Gasteiger partial charge in [-0.25, -0.2) is 0 Å². The van der Waals surface area contributed by atoms with Crippen LogP contribution in [0.5, 0.6) is 0 Å². The molecule has 0 aliphatic heterocycles. The molecule has 23 heavy (non-hydrogen) atoms. The third kappa shape index (κ3) is 2.81. The number of carbonyl (C=O) groups is 1. The van der Waals surface area contributed by atoms with Gasteiger partial charge in [0.2, 0.25) is 0 Å². The second-order valence-electron chi connectivity index (χ2n) is 6.45. The summed E-state index contributed by atoms with van der Waals surface area (Å²) >= 11 is 0. The summed E-state index contributed by atoms with van der Waals surface area (Å²) in [5.41, 5.74) is 2.02. The van der Waals surface area contributed by atoms with Crippen LogP contribution in [0.3, 0.4) is 0 Å². The summed E-state index contributed by atoms with van der Waals surface area (Å²) in [5.74, 6) is 0.528. The van der Waals surface area contributed by atoms with Crippen molar-refractivity contribution in [3.63, 3.8) is 0 Å². The first-order valence-electron chi connectivity index (χ1n) is 7.50. The predicted molar refractivity (Wildman–Crippen MR) is 86.1 cm³/mol. The molecule has 1 N–H and O–H groups in total. The molecule has 1 amide bonds. The molecule has 0 saturated carbocycles. The van der Waals surface area contributed by atoms with Gasteiger partial charge in [0.1, 0.15) is 0 Å². The van der Waals surface area contributed by atoms with Crippen molar-refractivity contribution in [2.75, 3.05) is 0 Å². The van der Waals surface area contributed by atoms with Crippen molar-refractivity contribution in [2.45, 2.75) is 39.8 Å². The quantitative estimate of drug-likeness (QED) is 0.801. The lowest BCUT2D eigenvalue weighted by atomic mass is 10.1. The zero-order chi connectivity index (χ0) is 16.6. The fraction of sp³-hybridized carbons (Fsp3) is 0.375. The van der Waals surface area contributed by atoms with Crippen molar-refractivity contribution in [1.82, 2.24) is 29.7 Å². The molecule has 3 rings (SSSR count). The van der Waals surface area contributed by atoms with E-state index in [2.05, 4.69) is 41.4 Å². The number of rotatable bonds is 3. The maximum absolute atomic E-state index is 12.4. The Morgan fingerprint density at radius 2 is 2.04 bits per heavy atom. The number of hydrogen-bond donors (Lipinski definition) is 1. The molecule has 0 aliphatic rings. The molecule has 0 radical (unpaired) electrons. The third-order valence-electron chi connectivity index (χ3n) is 3.68. The Morgan fingerprint density at radius 1 is 1.26 bits per heavy atom. The van der Waals surface area contributed by atoms with Crippen molar-refractivity contribution < 1.29 is 4.79 Å². The van der Waals surface area contributed by atoms with E-state index >= 15 is 0 Å². The van der Waals surface area contributed by atoms with Crippen LogP contribution in [0.15, 0.2) is 30.6 Å². The Labute approximate surface area is 134 Å². The van der Waals surface area contributed by atoms with Gasteiger partial charge in [-0.1, -0.05) is 6.07 Å². The van der Waals surface area contributed by atoms with Gasteiger partial charge >= 0.3 is 0 Å².